The Labute approximate surface area is 195 Å². The summed E-state index contributed by atoms with van der Waals surface area (Å²) in [5.74, 6) is -1.19. The number of ether oxygens (including phenoxy) is 3. The maximum Gasteiger partial charge on any atom is 0.416 e. The largest absolute Gasteiger partial charge is 0.472 e. The van der Waals surface area contributed by atoms with Gasteiger partial charge in [0.1, 0.15) is 18.1 Å². The van der Waals surface area contributed by atoms with E-state index in [4.69, 9.17) is 25.8 Å². The highest BCUT2D eigenvalue weighted by Crippen LogP contribution is 2.38. The van der Waals surface area contributed by atoms with E-state index in [2.05, 4.69) is 5.10 Å². The predicted molar refractivity (Wildman–Crippen MR) is 113 cm³/mol. The number of nitro groups is 1. The van der Waals surface area contributed by atoms with E-state index in [1.54, 1.807) is 23.1 Å². The van der Waals surface area contributed by atoms with Crippen LogP contribution in [0.1, 0.15) is 12.5 Å². The lowest BCUT2D eigenvalue weighted by Crippen LogP contribution is -2.27. The number of hydrogen-bond acceptors (Lipinski definition) is 7. The van der Waals surface area contributed by atoms with Crippen LogP contribution in [-0.2, 0) is 22.3 Å². The molecule has 0 aliphatic rings. The van der Waals surface area contributed by atoms with E-state index < -0.39 is 34.4 Å². The summed E-state index contributed by atoms with van der Waals surface area (Å²) in [5.41, 5.74) is -1.42. The van der Waals surface area contributed by atoms with Gasteiger partial charge in [0, 0.05) is 24.5 Å². The third kappa shape index (κ3) is 6.38. The highest BCUT2D eigenvalue weighted by molar-refractivity contribution is 6.32. The molecular weight excluding hydrogens is 483 g/mol. The van der Waals surface area contributed by atoms with Gasteiger partial charge >= 0.3 is 17.8 Å². The fourth-order valence-corrected chi connectivity index (χ4v) is 2.94. The Kier molecular flexibility index (Phi) is 7.61. The summed E-state index contributed by atoms with van der Waals surface area (Å²) >= 11 is 5.89. The van der Waals surface area contributed by atoms with E-state index >= 15 is 0 Å². The highest BCUT2D eigenvalue weighted by Gasteiger charge is 2.31. The smallest absolute Gasteiger partial charge is 0.416 e. The zero-order chi connectivity index (χ0) is 24.9. The molecule has 1 heterocycles. The number of rotatable bonds is 9. The van der Waals surface area contributed by atoms with Crippen molar-refractivity contribution in [3.05, 3.63) is 75.6 Å². The Morgan fingerprint density at radius 2 is 2.00 bits per heavy atom. The van der Waals surface area contributed by atoms with Gasteiger partial charge in [0.05, 0.1) is 22.1 Å². The molecule has 3 aromatic rings. The molecule has 2 aromatic carbocycles. The molecular formula is C21H17ClF3N3O6. The van der Waals surface area contributed by atoms with E-state index in [1.165, 1.54) is 13.0 Å². The van der Waals surface area contributed by atoms with Crippen LogP contribution >= 0.6 is 11.6 Å². The number of carbonyl (C=O) groups is 1. The van der Waals surface area contributed by atoms with Gasteiger partial charge in [-0.1, -0.05) is 11.6 Å². The zero-order valence-corrected chi connectivity index (χ0v) is 18.2. The summed E-state index contributed by atoms with van der Waals surface area (Å²) in [4.78, 5) is 22.8. The lowest BCUT2D eigenvalue weighted by molar-refractivity contribution is -0.386. The minimum atomic E-state index is -4.58. The van der Waals surface area contributed by atoms with Gasteiger partial charge in [-0.3, -0.25) is 14.8 Å². The molecule has 0 bridgehead atoms. The van der Waals surface area contributed by atoms with Crippen LogP contribution < -0.4 is 9.47 Å². The fraction of sp³-hybridized carbons (Fsp3) is 0.238. The van der Waals surface area contributed by atoms with Gasteiger partial charge in [-0.05, 0) is 37.3 Å². The first kappa shape index (κ1) is 24.8. The van der Waals surface area contributed by atoms with E-state index in [-0.39, 0.29) is 28.9 Å². The Hall–Kier alpha value is -3.80. The van der Waals surface area contributed by atoms with Crippen molar-refractivity contribution in [1.29, 1.82) is 0 Å². The number of esters is 1. The third-order valence-electron chi connectivity index (χ3n) is 4.37. The Balaban J connectivity index is 1.72. The number of nitrogens with zero attached hydrogens (tertiary/aromatic N) is 3. The van der Waals surface area contributed by atoms with Crippen LogP contribution in [0, 0.1) is 10.1 Å². The van der Waals surface area contributed by atoms with Crippen LogP contribution in [0.4, 0.5) is 18.9 Å². The molecule has 3 rings (SSSR count). The van der Waals surface area contributed by atoms with Crippen molar-refractivity contribution in [2.45, 2.75) is 25.7 Å². The van der Waals surface area contributed by atoms with Crippen molar-refractivity contribution in [3.63, 3.8) is 0 Å². The van der Waals surface area contributed by atoms with Crippen molar-refractivity contribution in [1.82, 2.24) is 9.78 Å². The Morgan fingerprint density at radius 1 is 1.24 bits per heavy atom. The average Bonchev–Trinajstić information content (AvgIpc) is 3.28. The standard InChI is InChI=1S/C21H17ClF3N3O6/c1-13(20(29)32-10-9-27-8-2-7-26-27)33-19-12-15(4-5-17(19)28(30)31)34-18-6-3-14(11-16(18)22)21(23,24)25/h2-8,11-13H,9-10H2,1H3. The Bertz CT molecular complexity index is 1170. The van der Waals surface area contributed by atoms with Crippen molar-refractivity contribution in [3.8, 4) is 17.2 Å². The van der Waals surface area contributed by atoms with Crippen LogP contribution in [0.3, 0.4) is 0 Å². The Morgan fingerprint density at radius 3 is 2.62 bits per heavy atom. The van der Waals surface area contributed by atoms with Gasteiger partial charge in [0.25, 0.3) is 0 Å². The lowest BCUT2D eigenvalue weighted by atomic mass is 10.2. The third-order valence-corrected chi connectivity index (χ3v) is 4.67. The fourth-order valence-electron chi connectivity index (χ4n) is 2.72. The monoisotopic (exact) mass is 499 g/mol. The number of halogens is 4. The second-order valence-electron chi connectivity index (χ2n) is 6.83. The molecule has 34 heavy (non-hydrogen) atoms. The van der Waals surface area contributed by atoms with E-state index in [1.807, 2.05) is 0 Å². The highest BCUT2D eigenvalue weighted by atomic mass is 35.5. The summed E-state index contributed by atoms with van der Waals surface area (Å²) < 4.78 is 56.0. The second-order valence-corrected chi connectivity index (χ2v) is 7.24. The first-order chi connectivity index (χ1) is 16.0. The van der Waals surface area contributed by atoms with Crippen LogP contribution in [0.15, 0.2) is 54.9 Å². The summed E-state index contributed by atoms with van der Waals surface area (Å²) in [6.45, 7) is 1.66. The van der Waals surface area contributed by atoms with Gasteiger partial charge in [0.2, 0.25) is 5.75 Å². The van der Waals surface area contributed by atoms with E-state index in [0.29, 0.717) is 12.6 Å². The molecule has 0 radical (unpaired) electrons. The van der Waals surface area contributed by atoms with Crippen molar-refractivity contribution in [2.24, 2.45) is 0 Å². The molecule has 1 unspecified atom stereocenters. The molecule has 0 spiro atoms. The van der Waals surface area contributed by atoms with Gasteiger partial charge in [-0.2, -0.15) is 18.3 Å². The molecule has 0 saturated carbocycles. The molecule has 0 fully saturated rings. The number of nitro benzene ring substituents is 1. The van der Waals surface area contributed by atoms with Crippen LogP contribution in [-0.4, -0.2) is 33.4 Å². The minimum absolute atomic E-state index is 0.00583. The predicted octanol–water partition coefficient (Wildman–Crippen LogP) is 5.27. The van der Waals surface area contributed by atoms with E-state index in [0.717, 1.165) is 24.3 Å². The van der Waals surface area contributed by atoms with Gasteiger partial charge in [-0.15, -0.1) is 0 Å². The van der Waals surface area contributed by atoms with Gasteiger partial charge in [-0.25, -0.2) is 4.79 Å². The lowest BCUT2D eigenvalue weighted by Gasteiger charge is -2.15. The first-order valence-electron chi connectivity index (χ1n) is 9.68. The van der Waals surface area contributed by atoms with Gasteiger partial charge in [0.15, 0.2) is 6.10 Å². The normalized spacial score (nSPS) is 12.1. The number of benzene rings is 2. The van der Waals surface area contributed by atoms with Crippen LogP contribution in [0.2, 0.25) is 5.02 Å². The molecule has 0 aliphatic heterocycles. The van der Waals surface area contributed by atoms with Crippen LogP contribution in [0.25, 0.3) is 0 Å². The number of aromatic nitrogens is 2. The number of hydrogen-bond donors (Lipinski definition) is 0. The van der Waals surface area contributed by atoms with Crippen molar-refractivity contribution < 1.29 is 37.1 Å². The SMILES string of the molecule is CC(Oc1cc(Oc2ccc(C(F)(F)F)cc2Cl)ccc1[N+](=O)[O-])C(=O)OCCn1cccn1. The topological polar surface area (TPSA) is 106 Å². The van der Waals surface area contributed by atoms with Crippen molar-refractivity contribution >= 4 is 23.3 Å². The molecule has 180 valence electrons. The summed E-state index contributed by atoms with van der Waals surface area (Å²) in [6.07, 6.45) is -2.54. The number of carbonyl (C=O) groups excluding carboxylic acids is 1. The van der Waals surface area contributed by atoms with E-state index in [9.17, 15) is 28.1 Å². The van der Waals surface area contributed by atoms with Gasteiger partial charge < -0.3 is 14.2 Å². The average molecular weight is 500 g/mol. The molecule has 0 saturated heterocycles. The second kappa shape index (κ2) is 10.4. The summed E-state index contributed by atoms with van der Waals surface area (Å²) in [5, 5.41) is 15.0. The maximum absolute atomic E-state index is 12.8. The molecule has 0 N–H and O–H groups in total. The number of alkyl halides is 3. The minimum Gasteiger partial charge on any atom is -0.472 e. The first-order valence-corrected chi connectivity index (χ1v) is 10.1. The maximum atomic E-state index is 12.8. The molecule has 1 aromatic heterocycles. The quantitative estimate of drug-likeness (QED) is 0.224. The van der Waals surface area contributed by atoms with Crippen molar-refractivity contribution in [2.75, 3.05) is 6.61 Å². The molecule has 0 amide bonds. The molecule has 13 heteroatoms. The molecule has 0 aliphatic carbocycles. The summed E-state index contributed by atoms with van der Waals surface area (Å²) in [7, 11) is 0. The molecule has 9 nitrogen and oxygen atoms in total. The zero-order valence-electron chi connectivity index (χ0n) is 17.5. The van der Waals surface area contributed by atoms with Crippen LogP contribution in [0.5, 0.6) is 17.2 Å². The molecule has 1 atom stereocenters. The summed E-state index contributed by atoms with van der Waals surface area (Å²) in [6, 6.07) is 7.61.